The fraction of sp³-hybridized carbons (Fsp3) is 0.182. The molecule has 28 heavy (non-hydrogen) atoms. The van der Waals surface area contributed by atoms with E-state index < -0.39 is 5.97 Å². The van der Waals surface area contributed by atoms with Gasteiger partial charge in [-0.25, -0.2) is 14.8 Å². The minimum Gasteiger partial charge on any atom is -0.427 e. The van der Waals surface area contributed by atoms with Crippen LogP contribution in [0.1, 0.15) is 36.2 Å². The molecule has 0 amide bonds. The summed E-state index contributed by atoms with van der Waals surface area (Å²) in [5.74, 6) is 0.355. The lowest BCUT2D eigenvalue weighted by Crippen LogP contribution is -2.09. The largest absolute Gasteiger partial charge is 0.427 e. The second-order valence-electron chi connectivity index (χ2n) is 6.20. The number of benzene rings is 2. The highest BCUT2D eigenvalue weighted by Gasteiger charge is 2.10. The maximum Gasteiger partial charge on any atom is 0.343 e. The molecule has 0 aliphatic rings. The van der Waals surface area contributed by atoms with E-state index in [0.717, 1.165) is 18.4 Å². The highest BCUT2D eigenvalue weighted by Crippen LogP contribution is 2.21. The first-order valence-corrected chi connectivity index (χ1v) is 8.97. The van der Waals surface area contributed by atoms with Crippen molar-refractivity contribution in [3.63, 3.8) is 0 Å². The first-order valence-electron chi connectivity index (χ1n) is 8.97. The normalized spacial score (nSPS) is 10.4. The zero-order valence-electron chi connectivity index (χ0n) is 15.7. The Morgan fingerprint density at radius 3 is 2.07 bits per heavy atom. The lowest BCUT2D eigenvalue weighted by molar-refractivity contribution is -0.131. The summed E-state index contributed by atoms with van der Waals surface area (Å²) in [4.78, 5) is 31.7. The van der Waals surface area contributed by atoms with Gasteiger partial charge in [-0.05, 0) is 48.4 Å². The van der Waals surface area contributed by atoms with Crippen LogP contribution < -0.4 is 9.47 Å². The van der Waals surface area contributed by atoms with Crippen molar-refractivity contribution in [2.24, 2.45) is 0 Å². The van der Waals surface area contributed by atoms with Gasteiger partial charge in [0.25, 0.3) is 0 Å². The average Bonchev–Trinajstić information content (AvgIpc) is 2.69. The first-order chi connectivity index (χ1) is 13.5. The van der Waals surface area contributed by atoms with Crippen molar-refractivity contribution in [3.05, 3.63) is 72.1 Å². The van der Waals surface area contributed by atoms with Crippen LogP contribution >= 0.6 is 0 Å². The number of aromatic nitrogens is 2. The first kappa shape index (κ1) is 19.2. The van der Waals surface area contributed by atoms with E-state index in [-0.39, 0.29) is 11.7 Å². The summed E-state index contributed by atoms with van der Waals surface area (Å²) in [5.41, 5.74) is 2.41. The Morgan fingerprint density at radius 2 is 1.50 bits per heavy atom. The molecule has 0 aliphatic heterocycles. The van der Waals surface area contributed by atoms with Gasteiger partial charge >= 0.3 is 11.9 Å². The molecular weight excluding hydrogens is 356 g/mol. The molecule has 1 aromatic heterocycles. The Hall–Kier alpha value is -3.54. The van der Waals surface area contributed by atoms with Crippen molar-refractivity contribution < 1.29 is 19.1 Å². The van der Waals surface area contributed by atoms with Gasteiger partial charge in [0.15, 0.2) is 11.6 Å². The molecule has 0 unspecified atom stereocenters. The molecule has 142 valence electrons. The summed E-state index contributed by atoms with van der Waals surface area (Å²) in [6.07, 6.45) is 4.93. The topological polar surface area (TPSA) is 78.4 Å². The number of rotatable bonds is 6. The standard InChI is InChI=1S/C22H20N2O4/c1-3-4-16-5-7-18(8-6-16)22(26)28-20-13-23-21(24-14-20)17-9-11-19(12-10-17)27-15(2)25/h5-14H,3-4H2,1-2H3. The number of carbonyl (C=O) groups excluding carboxylic acids is 2. The van der Waals surface area contributed by atoms with E-state index in [1.165, 1.54) is 24.9 Å². The van der Waals surface area contributed by atoms with Gasteiger partial charge in [0.05, 0.1) is 18.0 Å². The van der Waals surface area contributed by atoms with Gasteiger partial charge in [-0.2, -0.15) is 0 Å². The lowest BCUT2D eigenvalue weighted by Gasteiger charge is -2.06. The number of ether oxygens (including phenoxy) is 2. The van der Waals surface area contributed by atoms with Gasteiger partial charge in [0.1, 0.15) is 5.75 Å². The Morgan fingerprint density at radius 1 is 0.857 bits per heavy atom. The molecule has 0 saturated heterocycles. The zero-order chi connectivity index (χ0) is 19.9. The summed E-state index contributed by atoms with van der Waals surface area (Å²) in [5, 5.41) is 0. The van der Waals surface area contributed by atoms with Crippen molar-refractivity contribution >= 4 is 11.9 Å². The number of hydrogen-bond donors (Lipinski definition) is 0. The van der Waals surface area contributed by atoms with E-state index in [1.807, 2.05) is 12.1 Å². The van der Waals surface area contributed by atoms with Gasteiger partial charge < -0.3 is 9.47 Å². The van der Waals surface area contributed by atoms with Gasteiger partial charge in [0.2, 0.25) is 0 Å². The third-order valence-electron chi connectivity index (χ3n) is 3.94. The van der Waals surface area contributed by atoms with E-state index in [0.29, 0.717) is 17.1 Å². The van der Waals surface area contributed by atoms with Crippen LogP contribution in [0.4, 0.5) is 0 Å². The highest BCUT2D eigenvalue weighted by atomic mass is 16.5. The molecule has 0 bridgehead atoms. The maximum atomic E-state index is 12.2. The smallest absolute Gasteiger partial charge is 0.343 e. The van der Waals surface area contributed by atoms with Crippen LogP contribution in [0.25, 0.3) is 11.4 Å². The van der Waals surface area contributed by atoms with Crippen molar-refractivity contribution in [3.8, 4) is 22.9 Å². The molecule has 3 rings (SSSR count). The van der Waals surface area contributed by atoms with Gasteiger partial charge in [0, 0.05) is 12.5 Å². The van der Waals surface area contributed by atoms with Gasteiger partial charge in [-0.15, -0.1) is 0 Å². The van der Waals surface area contributed by atoms with Crippen molar-refractivity contribution in [1.29, 1.82) is 0 Å². The molecule has 0 spiro atoms. The summed E-state index contributed by atoms with van der Waals surface area (Å²) in [6, 6.07) is 14.2. The van der Waals surface area contributed by atoms with E-state index in [9.17, 15) is 9.59 Å². The predicted molar refractivity (Wildman–Crippen MR) is 104 cm³/mol. The monoisotopic (exact) mass is 376 g/mol. The maximum absolute atomic E-state index is 12.2. The van der Waals surface area contributed by atoms with Crippen LogP contribution in [-0.4, -0.2) is 21.9 Å². The molecule has 0 fully saturated rings. The second kappa shape index (κ2) is 8.90. The third kappa shape index (κ3) is 5.01. The summed E-state index contributed by atoms with van der Waals surface area (Å²) in [6.45, 7) is 3.46. The number of nitrogens with zero attached hydrogens (tertiary/aromatic N) is 2. The molecule has 0 saturated carbocycles. The predicted octanol–water partition coefficient (Wildman–Crippen LogP) is 4.24. The Balaban J connectivity index is 1.65. The molecule has 0 N–H and O–H groups in total. The molecule has 0 radical (unpaired) electrons. The van der Waals surface area contributed by atoms with E-state index in [2.05, 4.69) is 16.9 Å². The molecule has 1 heterocycles. The Bertz CT molecular complexity index is 949. The van der Waals surface area contributed by atoms with Crippen LogP contribution in [0.5, 0.6) is 11.5 Å². The lowest BCUT2D eigenvalue weighted by atomic mass is 10.1. The number of aryl methyl sites for hydroxylation is 1. The molecule has 6 nitrogen and oxygen atoms in total. The fourth-order valence-corrected chi connectivity index (χ4v) is 2.62. The summed E-state index contributed by atoms with van der Waals surface area (Å²) >= 11 is 0. The summed E-state index contributed by atoms with van der Waals surface area (Å²) < 4.78 is 10.3. The SMILES string of the molecule is CCCc1ccc(C(=O)Oc2cnc(-c3ccc(OC(C)=O)cc3)nc2)cc1. The molecule has 0 aliphatic carbocycles. The van der Waals surface area contributed by atoms with Crippen LogP contribution in [0.2, 0.25) is 0 Å². The Labute approximate surface area is 163 Å². The zero-order valence-corrected chi connectivity index (χ0v) is 15.7. The highest BCUT2D eigenvalue weighted by molar-refractivity contribution is 5.91. The Kier molecular flexibility index (Phi) is 6.11. The van der Waals surface area contributed by atoms with Gasteiger partial charge in [-0.1, -0.05) is 25.5 Å². The van der Waals surface area contributed by atoms with Crippen LogP contribution in [0, 0.1) is 0 Å². The van der Waals surface area contributed by atoms with Gasteiger partial charge in [-0.3, -0.25) is 4.79 Å². The summed E-state index contributed by atoms with van der Waals surface area (Å²) in [7, 11) is 0. The molecule has 6 heteroatoms. The van der Waals surface area contributed by atoms with Crippen molar-refractivity contribution in [2.45, 2.75) is 26.7 Å². The second-order valence-corrected chi connectivity index (χ2v) is 6.20. The van der Waals surface area contributed by atoms with E-state index >= 15 is 0 Å². The average molecular weight is 376 g/mol. The van der Waals surface area contributed by atoms with E-state index in [1.54, 1.807) is 36.4 Å². The van der Waals surface area contributed by atoms with Crippen LogP contribution in [0.3, 0.4) is 0 Å². The van der Waals surface area contributed by atoms with Crippen LogP contribution in [0.15, 0.2) is 60.9 Å². The minimum absolute atomic E-state index is 0.267. The quantitative estimate of drug-likeness (QED) is 0.473. The number of esters is 2. The number of carbonyl (C=O) groups is 2. The molecular formula is C22H20N2O4. The van der Waals surface area contributed by atoms with Crippen LogP contribution in [-0.2, 0) is 11.2 Å². The third-order valence-corrected chi connectivity index (χ3v) is 3.94. The number of hydrogen-bond acceptors (Lipinski definition) is 6. The molecule has 2 aromatic carbocycles. The van der Waals surface area contributed by atoms with Crippen molar-refractivity contribution in [2.75, 3.05) is 0 Å². The molecule has 0 atom stereocenters. The van der Waals surface area contributed by atoms with E-state index in [4.69, 9.17) is 9.47 Å². The van der Waals surface area contributed by atoms with Crippen molar-refractivity contribution in [1.82, 2.24) is 9.97 Å². The fourth-order valence-electron chi connectivity index (χ4n) is 2.62. The minimum atomic E-state index is -0.454. The molecule has 3 aromatic rings.